The molecule has 0 saturated carbocycles. The van der Waals surface area contributed by atoms with Crippen LogP contribution in [-0.2, 0) is 29.2 Å². The Balaban J connectivity index is 1.63. The highest BCUT2D eigenvalue weighted by Gasteiger charge is 2.46. The Morgan fingerprint density at radius 3 is 2.20 bits per heavy atom. The lowest BCUT2D eigenvalue weighted by atomic mass is 9.97. The molecule has 0 radical (unpaired) electrons. The van der Waals surface area contributed by atoms with Gasteiger partial charge in [0.1, 0.15) is 17.7 Å². The summed E-state index contributed by atoms with van der Waals surface area (Å²) in [6.45, 7) is 9.42. The third-order valence-electron chi connectivity index (χ3n) is 7.56. The number of hydrogen-bond acceptors (Lipinski definition) is 9. The minimum Gasteiger partial charge on any atom is -0.446 e. The van der Waals surface area contributed by atoms with Gasteiger partial charge in [-0.05, 0) is 58.8 Å². The molecule has 7 atom stereocenters. The fraction of sp³-hybridized carbons (Fsp3) is 0.846. The molecule has 3 rings (SSSR count). The van der Waals surface area contributed by atoms with Gasteiger partial charge < -0.3 is 35.4 Å². The smallest absolute Gasteiger partial charge is 0.410 e. The van der Waals surface area contributed by atoms with Crippen LogP contribution in [-0.4, -0.2) is 94.8 Å². The molecule has 234 valence electrons. The molecule has 0 aromatic heterocycles. The summed E-state index contributed by atoms with van der Waals surface area (Å²) in [5.74, 6) is -1.87. The number of aliphatic hydroxyl groups is 1. The maximum Gasteiger partial charge on any atom is 0.410 e. The van der Waals surface area contributed by atoms with Crippen LogP contribution < -0.4 is 16.0 Å². The molecule has 0 aromatic rings. The first-order chi connectivity index (χ1) is 18.9. The first-order valence-electron chi connectivity index (χ1n) is 14.2. The van der Waals surface area contributed by atoms with Crippen molar-refractivity contribution in [1.82, 2.24) is 20.9 Å². The Morgan fingerprint density at radius 1 is 1.10 bits per heavy atom. The Bertz CT molecular complexity index is 1080. The summed E-state index contributed by atoms with van der Waals surface area (Å²) in [4.78, 5) is 52.6. The number of nitrogens with zero attached hydrogens (tertiary/aromatic N) is 1. The lowest BCUT2D eigenvalue weighted by molar-refractivity contribution is -0.126. The van der Waals surface area contributed by atoms with Gasteiger partial charge in [-0.3, -0.25) is 14.1 Å². The van der Waals surface area contributed by atoms with E-state index in [0.29, 0.717) is 25.8 Å². The molecular formula is C26H44N4O10S. The number of aliphatic hydroxyl groups excluding tert-OH is 1. The van der Waals surface area contributed by atoms with Crippen molar-refractivity contribution in [2.45, 2.75) is 121 Å². The number of nitrogens with one attached hydrogen (secondary N) is 3. The maximum absolute atomic E-state index is 13.2. The second-order valence-corrected chi connectivity index (χ2v) is 14.1. The SMILES string of the molecule is CC(C)C[C@H](NC(=O)OC1C[C@H]2CC[C@@H](C1)N2C(=O)OC(C)(C)C)C(=O)N[C@@H](C[C@@H]1CCNC1=O)C(O)S(=O)(=O)O. The van der Waals surface area contributed by atoms with Crippen LogP contribution in [0, 0.1) is 11.8 Å². The molecule has 2 bridgehead atoms. The third kappa shape index (κ3) is 9.17. The molecule has 0 aliphatic carbocycles. The van der Waals surface area contributed by atoms with E-state index in [2.05, 4.69) is 16.0 Å². The van der Waals surface area contributed by atoms with Gasteiger partial charge in [0.05, 0.1) is 6.04 Å². The molecule has 41 heavy (non-hydrogen) atoms. The average molecular weight is 605 g/mol. The van der Waals surface area contributed by atoms with E-state index in [0.717, 1.165) is 12.8 Å². The van der Waals surface area contributed by atoms with Gasteiger partial charge in [-0.25, -0.2) is 9.59 Å². The van der Waals surface area contributed by atoms with Crippen molar-refractivity contribution in [2.75, 3.05) is 6.54 Å². The van der Waals surface area contributed by atoms with Crippen LogP contribution in [0.25, 0.3) is 0 Å². The third-order valence-corrected chi connectivity index (χ3v) is 8.50. The fourth-order valence-corrected chi connectivity index (χ4v) is 6.37. The van der Waals surface area contributed by atoms with Gasteiger partial charge in [0.25, 0.3) is 10.1 Å². The van der Waals surface area contributed by atoms with Crippen molar-refractivity contribution in [3.63, 3.8) is 0 Å². The lowest BCUT2D eigenvalue weighted by Gasteiger charge is -2.39. The predicted octanol–water partition coefficient (Wildman–Crippen LogP) is 1.28. The van der Waals surface area contributed by atoms with E-state index < -0.39 is 63.4 Å². The Morgan fingerprint density at radius 2 is 1.71 bits per heavy atom. The maximum atomic E-state index is 13.2. The minimum atomic E-state index is -4.96. The fourth-order valence-electron chi connectivity index (χ4n) is 5.78. The van der Waals surface area contributed by atoms with Crippen LogP contribution in [0.1, 0.15) is 79.6 Å². The van der Waals surface area contributed by atoms with Gasteiger partial charge in [-0.15, -0.1) is 0 Å². The summed E-state index contributed by atoms with van der Waals surface area (Å²) < 4.78 is 44.0. The summed E-state index contributed by atoms with van der Waals surface area (Å²) in [6.07, 6.45) is 0.980. The van der Waals surface area contributed by atoms with E-state index in [9.17, 15) is 37.3 Å². The molecule has 0 aromatic carbocycles. The van der Waals surface area contributed by atoms with Gasteiger partial charge in [-0.1, -0.05) is 13.8 Å². The zero-order valence-corrected chi connectivity index (χ0v) is 25.1. The van der Waals surface area contributed by atoms with E-state index in [1.165, 1.54) is 0 Å². The van der Waals surface area contributed by atoms with E-state index in [-0.39, 0.29) is 36.8 Å². The number of hydrogen-bond donors (Lipinski definition) is 5. The van der Waals surface area contributed by atoms with E-state index in [1.54, 1.807) is 25.7 Å². The summed E-state index contributed by atoms with van der Waals surface area (Å²) in [5, 5.41) is 17.8. The number of carbonyl (C=O) groups excluding carboxylic acids is 4. The molecule has 5 N–H and O–H groups in total. The van der Waals surface area contributed by atoms with Crippen LogP contribution in [0.2, 0.25) is 0 Å². The van der Waals surface area contributed by atoms with Crippen molar-refractivity contribution < 1.29 is 46.7 Å². The highest BCUT2D eigenvalue weighted by molar-refractivity contribution is 7.86. The van der Waals surface area contributed by atoms with Gasteiger partial charge in [-0.2, -0.15) is 8.42 Å². The number of carbonyl (C=O) groups is 4. The lowest BCUT2D eigenvalue weighted by Crippen LogP contribution is -2.55. The molecular weight excluding hydrogens is 560 g/mol. The molecule has 14 nitrogen and oxygen atoms in total. The molecule has 4 amide bonds. The molecule has 3 fully saturated rings. The summed E-state index contributed by atoms with van der Waals surface area (Å²) in [5.41, 5.74) is -2.99. The van der Waals surface area contributed by atoms with Crippen LogP contribution in [0.4, 0.5) is 9.59 Å². The normalized spacial score (nSPS) is 26.6. The standard InChI is InChI=1S/C26H44N4O10S/c1-14(2)10-19(22(32)28-20(23(33)41(36,37)38)11-15-8-9-27-21(15)31)29-24(34)39-18-12-16-6-7-17(13-18)30(16)25(35)40-26(3,4)5/h14-20,23,33H,6-13H2,1-5H3,(H,27,31)(H,28,32)(H,29,34)(H,36,37,38)/t15-,16-,17+,18?,19-,20-,23?/m0/s1. The molecule has 2 unspecified atom stereocenters. The Hall–Kier alpha value is -2.65. The number of ether oxygens (including phenoxy) is 2. The molecule has 3 aliphatic heterocycles. The predicted molar refractivity (Wildman–Crippen MR) is 146 cm³/mol. The largest absolute Gasteiger partial charge is 0.446 e. The zero-order valence-electron chi connectivity index (χ0n) is 24.3. The van der Waals surface area contributed by atoms with Crippen molar-refractivity contribution in [1.29, 1.82) is 0 Å². The number of alkyl carbamates (subject to hydrolysis) is 1. The summed E-state index contributed by atoms with van der Waals surface area (Å²) in [6, 6.07) is -2.90. The molecule has 3 aliphatic rings. The number of amides is 4. The van der Waals surface area contributed by atoms with Crippen molar-refractivity contribution in [3.05, 3.63) is 0 Å². The van der Waals surface area contributed by atoms with Gasteiger partial charge in [0.15, 0.2) is 0 Å². The van der Waals surface area contributed by atoms with Crippen LogP contribution in [0.15, 0.2) is 0 Å². The second kappa shape index (κ2) is 13.1. The van der Waals surface area contributed by atoms with Crippen LogP contribution in [0.3, 0.4) is 0 Å². The van der Waals surface area contributed by atoms with Crippen molar-refractivity contribution in [2.24, 2.45) is 11.8 Å². The van der Waals surface area contributed by atoms with E-state index >= 15 is 0 Å². The van der Waals surface area contributed by atoms with Gasteiger partial charge >= 0.3 is 12.2 Å². The molecule has 15 heteroatoms. The second-order valence-electron chi connectivity index (χ2n) is 12.6. The van der Waals surface area contributed by atoms with Crippen molar-refractivity contribution in [3.8, 4) is 0 Å². The number of fused-ring (bicyclic) bond motifs is 2. The van der Waals surface area contributed by atoms with Crippen LogP contribution in [0.5, 0.6) is 0 Å². The summed E-state index contributed by atoms with van der Waals surface area (Å²) >= 11 is 0. The average Bonchev–Trinajstić information content (AvgIpc) is 3.35. The quantitative estimate of drug-likeness (QED) is 0.226. The van der Waals surface area contributed by atoms with E-state index in [4.69, 9.17) is 9.47 Å². The van der Waals surface area contributed by atoms with Crippen molar-refractivity contribution >= 4 is 34.1 Å². The van der Waals surface area contributed by atoms with Crippen LogP contribution >= 0.6 is 0 Å². The molecule has 3 heterocycles. The first kappa shape index (κ1) is 32.9. The molecule has 0 spiro atoms. The monoisotopic (exact) mass is 604 g/mol. The Labute approximate surface area is 241 Å². The van der Waals surface area contributed by atoms with E-state index in [1.807, 2.05) is 13.8 Å². The first-order valence-corrected chi connectivity index (χ1v) is 15.7. The summed E-state index contributed by atoms with van der Waals surface area (Å²) in [7, 11) is -4.96. The number of piperidine rings is 1. The highest BCUT2D eigenvalue weighted by atomic mass is 32.2. The molecule has 3 saturated heterocycles. The highest BCUT2D eigenvalue weighted by Crippen LogP contribution is 2.38. The Kier molecular flexibility index (Phi) is 10.5. The zero-order chi connectivity index (χ0) is 30.7. The minimum absolute atomic E-state index is 0.0653. The van der Waals surface area contributed by atoms with Gasteiger partial charge in [0.2, 0.25) is 17.3 Å². The van der Waals surface area contributed by atoms with Gasteiger partial charge in [0, 0.05) is 37.4 Å². The number of rotatable bonds is 10. The topological polar surface area (TPSA) is 201 Å².